The van der Waals surface area contributed by atoms with E-state index in [9.17, 15) is 4.79 Å². The van der Waals surface area contributed by atoms with Crippen molar-refractivity contribution in [3.8, 4) is 22.8 Å². The lowest BCUT2D eigenvalue weighted by Gasteiger charge is -2.36. The van der Waals surface area contributed by atoms with Crippen molar-refractivity contribution in [2.75, 3.05) is 44.8 Å². The van der Waals surface area contributed by atoms with E-state index in [2.05, 4.69) is 26.9 Å². The van der Waals surface area contributed by atoms with Gasteiger partial charge in [-0.1, -0.05) is 28.1 Å². The fraction of sp³-hybridized carbons (Fsp3) is 0.241. The number of hydrogen-bond acceptors (Lipinski definition) is 5. The third-order valence-corrected chi connectivity index (χ3v) is 6.95. The van der Waals surface area contributed by atoms with Crippen LogP contribution in [0.4, 0.5) is 5.69 Å². The maximum atomic E-state index is 13.8. The van der Waals surface area contributed by atoms with Crippen molar-refractivity contribution in [3.05, 3.63) is 82.8 Å². The molecule has 2 heterocycles. The smallest absolute Gasteiger partial charge is 0.254 e. The van der Waals surface area contributed by atoms with Gasteiger partial charge in [0, 0.05) is 41.6 Å². The number of carbonyl (C=O) groups excluding carboxylic acids is 1. The topological polar surface area (TPSA) is 54.9 Å². The fourth-order valence-electron chi connectivity index (χ4n) is 4.62. The molecular formula is C29H28BrN3O3. The van der Waals surface area contributed by atoms with E-state index in [0.717, 1.165) is 56.9 Å². The zero-order chi connectivity index (χ0) is 25.1. The van der Waals surface area contributed by atoms with Crippen LogP contribution in [0.5, 0.6) is 11.5 Å². The highest BCUT2D eigenvalue weighted by atomic mass is 79.9. The number of carbonyl (C=O) groups is 1. The molecule has 0 saturated carbocycles. The number of ether oxygens (including phenoxy) is 2. The number of halogens is 1. The minimum absolute atomic E-state index is 0.0207. The molecule has 7 heteroatoms. The van der Waals surface area contributed by atoms with Gasteiger partial charge >= 0.3 is 0 Å². The molecular weight excluding hydrogens is 518 g/mol. The number of anilines is 1. The lowest BCUT2D eigenvalue weighted by Crippen LogP contribution is -2.49. The van der Waals surface area contributed by atoms with Crippen molar-refractivity contribution >= 4 is 38.4 Å². The molecule has 1 fully saturated rings. The van der Waals surface area contributed by atoms with Crippen molar-refractivity contribution in [2.24, 2.45) is 0 Å². The maximum absolute atomic E-state index is 13.8. The number of nitrogens with zero attached hydrogens (tertiary/aromatic N) is 3. The zero-order valence-corrected chi connectivity index (χ0v) is 22.0. The predicted molar refractivity (Wildman–Crippen MR) is 147 cm³/mol. The quantitative estimate of drug-likeness (QED) is 0.296. The van der Waals surface area contributed by atoms with E-state index < -0.39 is 0 Å². The van der Waals surface area contributed by atoms with Crippen LogP contribution >= 0.6 is 15.9 Å². The van der Waals surface area contributed by atoms with E-state index >= 15 is 0 Å². The van der Waals surface area contributed by atoms with Crippen LogP contribution in [-0.2, 0) is 0 Å². The van der Waals surface area contributed by atoms with Gasteiger partial charge in [0.15, 0.2) is 0 Å². The first kappa shape index (κ1) is 24.1. The van der Waals surface area contributed by atoms with E-state index in [1.54, 1.807) is 7.11 Å². The minimum Gasteiger partial charge on any atom is -0.495 e. The van der Waals surface area contributed by atoms with Crippen LogP contribution in [-0.4, -0.2) is 55.7 Å². The number of rotatable bonds is 6. The summed E-state index contributed by atoms with van der Waals surface area (Å²) in [6.07, 6.45) is 0. The molecule has 1 aliphatic rings. The Balaban J connectivity index is 1.44. The van der Waals surface area contributed by atoms with Gasteiger partial charge in [0.1, 0.15) is 11.5 Å². The number of para-hydroxylation sites is 2. The summed E-state index contributed by atoms with van der Waals surface area (Å²) in [6.45, 7) is 5.33. The number of aromatic nitrogens is 1. The van der Waals surface area contributed by atoms with Crippen LogP contribution in [0.1, 0.15) is 17.3 Å². The Kier molecular flexibility index (Phi) is 7.09. The van der Waals surface area contributed by atoms with Crippen molar-refractivity contribution in [2.45, 2.75) is 6.92 Å². The Bertz CT molecular complexity index is 1380. The number of benzene rings is 3. The number of pyridine rings is 1. The van der Waals surface area contributed by atoms with Gasteiger partial charge in [-0.05, 0) is 67.6 Å². The highest BCUT2D eigenvalue weighted by molar-refractivity contribution is 9.10. The second-order valence-corrected chi connectivity index (χ2v) is 9.54. The summed E-state index contributed by atoms with van der Waals surface area (Å²) in [5.74, 6) is 1.69. The van der Waals surface area contributed by atoms with Crippen LogP contribution in [0.3, 0.4) is 0 Å². The zero-order valence-electron chi connectivity index (χ0n) is 20.4. The Morgan fingerprint density at radius 1 is 0.972 bits per heavy atom. The average molecular weight is 546 g/mol. The van der Waals surface area contributed by atoms with Gasteiger partial charge in [-0.3, -0.25) is 4.79 Å². The van der Waals surface area contributed by atoms with Gasteiger partial charge in [0.25, 0.3) is 5.91 Å². The molecule has 0 unspecified atom stereocenters. The standard InChI is InChI=1S/C29H28BrN3O3/c1-3-36-22-11-8-20(9-12-22)26-19-24(23-18-21(30)10-13-25(23)31-26)29(34)33-16-14-32(15-17-33)27-6-4-5-7-28(27)35-2/h4-13,18-19H,3,14-17H2,1-2H3. The predicted octanol–water partition coefficient (Wildman–Crippen LogP) is 6.03. The summed E-state index contributed by atoms with van der Waals surface area (Å²) < 4.78 is 12.0. The van der Waals surface area contributed by atoms with Gasteiger partial charge in [0.2, 0.25) is 0 Å². The van der Waals surface area contributed by atoms with Gasteiger partial charge in [0.05, 0.1) is 36.2 Å². The van der Waals surface area contributed by atoms with E-state index in [4.69, 9.17) is 14.5 Å². The van der Waals surface area contributed by atoms with Crippen LogP contribution < -0.4 is 14.4 Å². The molecule has 36 heavy (non-hydrogen) atoms. The molecule has 1 aromatic heterocycles. The third-order valence-electron chi connectivity index (χ3n) is 6.45. The number of hydrogen-bond donors (Lipinski definition) is 0. The van der Waals surface area contributed by atoms with Crippen LogP contribution in [0.25, 0.3) is 22.2 Å². The molecule has 0 bridgehead atoms. The molecule has 3 aromatic carbocycles. The monoisotopic (exact) mass is 545 g/mol. The summed E-state index contributed by atoms with van der Waals surface area (Å²) in [7, 11) is 1.69. The fourth-order valence-corrected chi connectivity index (χ4v) is 4.98. The highest BCUT2D eigenvalue weighted by Gasteiger charge is 2.25. The Labute approximate surface area is 219 Å². The molecule has 4 aromatic rings. The lowest BCUT2D eigenvalue weighted by molar-refractivity contribution is 0.0748. The molecule has 184 valence electrons. The molecule has 1 aliphatic heterocycles. The first-order valence-electron chi connectivity index (χ1n) is 12.1. The Morgan fingerprint density at radius 2 is 1.72 bits per heavy atom. The first-order valence-corrected chi connectivity index (χ1v) is 12.9. The van der Waals surface area contributed by atoms with Gasteiger partial charge < -0.3 is 19.3 Å². The molecule has 6 nitrogen and oxygen atoms in total. The number of piperazine rings is 1. The third kappa shape index (κ3) is 4.88. The summed E-state index contributed by atoms with van der Waals surface area (Å²) in [6, 6.07) is 23.7. The second-order valence-electron chi connectivity index (χ2n) is 8.63. The largest absolute Gasteiger partial charge is 0.495 e. The number of methoxy groups -OCH3 is 1. The van der Waals surface area contributed by atoms with Gasteiger partial charge in [-0.2, -0.15) is 0 Å². The molecule has 0 aliphatic carbocycles. The Hall–Kier alpha value is -3.58. The lowest BCUT2D eigenvalue weighted by atomic mass is 10.0. The molecule has 1 amide bonds. The molecule has 0 spiro atoms. The molecule has 1 saturated heterocycles. The molecule has 0 radical (unpaired) electrons. The van der Waals surface area contributed by atoms with E-state index in [1.165, 1.54) is 0 Å². The van der Waals surface area contributed by atoms with E-state index in [0.29, 0.717) is 25.3 Å². The Morgan fingerprint density at radius 3 is 2.44 bits per heavy atom. The summed E-state index contributed by atoms with van der Waals surface area (Å²) in [5.41, 5.74) is 4.22. The van der Waals surface area contributed by atoms with Crippen LogP contribution in [0.15, 0.2) is 77.3 Å². The van der Waals surface area contributed by atoms with Gasteiger partial charge in [-0.15, -0.1) is 0 Å². The van der Waals surface area contributed by atoms with Crippen molar-refractivity contribution in [3.63, 3.8) is 0 Å². The maximum Gasteiger partial charge on any atom is 0.254 e. The summed E-state index contributed by atoms with van der Waals surface area (Å²) >= 11 is 3.56. The first-order chi connectivity index (χ1) is 17.6. The molecule has 0 N–H and O–H groups in total. The SMILES string of the molecule is CCOc1ccc(-c2cc(C(=O)N3CCN(c4ccccc4OC)CC3)c3cc(Br)ccc3n2)cc1. The van der Waals surface area contributed by atoms with Crippen molar-refractivity contribution in [1.82, 2.24) is 9.88 Å². The highest BCUT2D eigenvalue weighted by Crippen LogP contribution is 2.31. The summed E-state index contributed by atoms with van der Waals surface area (Å²) in [5, 5.41) is 0.844. The number of amides is 1. The van der Waals surface area contributed by atoms with Crippen LogP contribution in [0, 0.1) is 0 Å². The minimum atomic E-state index is 0.0207. The van der Waals surface area contributed by atoms with E-state index in [1.807, 2.05) is 78.6 Å². The van der Waals surface area contributed by atoms with E-state index in [-0.39, 0.29) is 5.91 Å². The average Bonchev–Trinajstić information content (AvgIpc) is 2.93. The normalized spacial score (nSPS) is 13.6. The van der Waals surface area contributed by atoms with Crippen LogP contribution in [0.2, 0.25) is 0 Å². The number of fused-ring (bicyclic) bond motifs is 1. The van der Waals surface area contributed by atoms with Crippen molar-refractivity contribution < 1.29 is 14.3 Å². The molecule has 5 rings (SSSR count). The summed E-state index contributed by atoms with van der Waals surface area (Å²) in [4.78, 5) is 22.9. The van der Waals surface area contributed by atoms with Crippen molar-refractivity contribution in [1.29, 1.82) is 0 Å². The second kappa shape index (κ2) is 10.6. The van der Waals surface area contributed by atoms with Gasteiger partial charge in [-0.25, -0.2) is 4.98 Å². The molecule has 0 atom stereocenters.